The molecule has 0 heterocycles. The Morgan fingerprint density at radius 3 is 2.69 bits per heavy atom. The van der Waals surface area contributed by atoms with Crippen LogP contribution >= 0.6 is 0 Å². The fourth-order valence-electron chi connectivity index (χ4n) is 1.89. The lowest BCUT2D eigenvalue weighted by atomic mass is 9.94. The molecule has 0 spiro atoms. The Morgan fingerprint density at radius 1 is 1.15 bits per heavy atom. The predicted molar refractivity (Wildman–Crippen MR) is 56.4 cm³/mol. The molecule has 0 N–H and O–H groups in total. The van der Waals surface area contributed by atoms with E-state index in [1.54, 1.807) is 0 Å². The Hall–Kier alpha value is -1.24. The molecule has 0 fully saturated rings. The third-order valence-electron chi connectivity index (χ3n) is 2.53. The first kappa shape index (κ1) is 8.36. The maximum absolute atomic E-state index is 2.32. The van der Waals surface area contributed by atoms with Gasteiger partial charge in [-0.25, -0.2) is 0 Å². The van der Waals surface area contributed by atoms with Crippen molar-refractivity contribution in [3.8, 4) is 0 Å². The van der Waals surface area contributed by atoms with Gasteiger partial charge in [-0.3, -0.25) is 0 Å². The number of allylic oxidation sites excluding steroid dienone is 1. The molecular weight excluding hydrogens is 158 g/mol. The van der Waals surface area contributed by atoms with Gasteiger partial charge in [0.05, 0.1) is 0 Å². The van der Waals surface area contributed by atoms with Crippen LogP contribution in [0.3, 0.4) is 0 Å². The summed E-state index contributed by atoms with van der Waals surface area (Å²) in [7, 11) is 4.21. The molecule has 0 radical (unpaired) electrons. The third-order valence-corrected chi connectivity index (χ3v) is 2.53. The highest BCUT2D eigenvalue weighted by atomic mass is 15.1. The zero-order valence-corrected chi connectivity index (χ0v) is 8.25. The van der Waals surface area contributed by atoms with Crippen LogP contribution in [-0.4, -0.2) is 19.0 Å². The Balaban J connectivity index is 2.47. The van der Waals surface area contributed by atoms with Crippen molar-refractivity contribution in [2.24, 2.45) is 0 Å². The molecule has 0 unspecified atom stereocenters. The van der Waals surface area contributed by atoms with Crippen molar-refractivity contribution in [2.45, 2.75) is 12.8 Å². The van der Waals surface area contributed by atoms with Crippen molar-refractivity contribution in [3.63, 3.8) is 0 Å². The van der Waals surface area contributed by atoms with Gasteiger partial charge >= 0.3 is 0 Å². The second-order valence-corrected chi connectivity index (χ2v) is 3.68. The minimum absolute atomic E-state index is 1.17. The molecule has 13 heavy (non-hydrogen) atoms. The molecule has 0 bridgehead atoms. The monoisotopic (exact) mass is 173 g/mol. The highest BCUT2D eigenvalue weighted by Gasteiger charge is 2.12. The van der Waals surface area contributed by atoms with Crippen LogP contribution < -0.4 is 0 Å². The molecule has 1 nitrogen and oxygen atoms in total. The van der Waals surface area contributed by atoms with Crippen molar-refractivity contribution in [1.29, 1.82) is 0 Å². The van der Waals surface area contributed by atoms with Gasteiger partial charge in [-0.1, -0.05) is 30.3 Å². The second-order valence-electron chi connectivity index (χ2n) is 3.68. The van der Waals surface area contributed by atoms with E-state index in [4.69, 9.17) is 0 Å². The molecule has 1 aromatic carbocycles. The minimum Gasteiger partial charge on any atom is -0.377 e. The van der Waals surface area contributed by atoms with E-state index in [0.29, 0.717) is 0 Å². The summed E-state index contributed by atoms with van der Waals surface area (Å²) in [4.78, 5) is 2.19. The van der Waals surface area contributed by atoms with Gasteiger partial charge in [0.2, 0.25) is 0 Å². The average Bonchev–Trinajstić information content (AvgIpc) is 2.17. The molecule has 0 atom stereocenters. The predicted octanol–water partition coefficient (Wildman–Crippen LogP) is 2.54. The van der Waals surface area contributed by atoms with Crippen molar-refractivity contribution in [2.75, 3.05) is 14.1 Å². The molecule has 1 heteroatoms. The normalized spacial score (nSPS) is 14.8. The van der Waals surface area contributed by atoms with Gasteiger partial charge in [-0.15, -0.1) is 0 Å². The van der Waals surface area contributed by atoms with E-state index in [0.717, 1.165) is 0 Å². The Labute approximate surface area is 79.7 Å². The molecule has 1 aliphatic carbocycles. The number of rotatable bonds is 1. The fourth-order valence-corrected chi connectivity index (χ4v) is 1.89. The van der Waals surface area contributed by atoms with Crippen LogP contribution in [0.2, 0.25) is 0 Å². The number of nitrogens with zero attached hydrogens (tertiary/aromatic N) is 1. The van der Waals surface area contributed by atoms with E-state index in [2.05, 4.69) is 49.3 Å². The first-order valence-electron chi connectivity index (χ1n) is 4.75. The zero-order valence-electron chi connectivity index (χ0n) is 8.25. The van der Waals surface area contributed by atoms with Gasteiger partial charge in [0.1, 0.15) is 0 Å². The van der Waals surface area contributed by atoms with Crippen molar-refractivity contribution in [3.05, 3.63) is 41.5 Å². The lowest BCUT2D eigenvalue weighted by Gasteiger charge is -2.23. The van der Waals surface area contributed by atoms with Crippen molar-refractivity contribution < 1.29 is 0 Å². The van der Waals surface area contributed by atoms with Crippen LogP contribution in [0.4, 0.5) is 0 Å². The Kier molecular flexibility index (Phi) is 2.09. The topological polar surface area (TPSA) is 3.24 Å². The summed E-state index contributed by atoms with van der Waals surface area (Å²) < 4.78 is 0. The van der Waals surface area contributed by atoms with Crippen LogP contribution in [0.5, 0.6) is 0 Å². The molecule has 68 valence electrons. The first-order valence-corrected chi connectivity index (χ1v) is 4.75. The molecule has 2 rings (SSSR count). The number of aryl methyl sites for hydroxylation is 1. The van der Waals surface area contributed by atoms with Crippen molar-refractivity contribution >= 4 is 5.70 Å². The van der Waals surface area contributed by atoms with Gasteiger partial charge < -0.3 is 4.90 Å². The van der Waals surface area contributed by atoms with Crippen LogP contribution in [0, 0.1) is 0 Å². The first-order chi connectivity index (χ1) is 6.29. The number of fused-ring (bicyclic) bond motifs is 1. The largest absolute Gasteiger partial charge is 0.377 e. The standard InChI is InChI=1S/C12H15N/c1-13(2)12-9-5-7-10-6-3-4-8-11(10)12/h3-4,6,8-9H,5,7H2,1-2H3. The number of benzene rings is 1. The van der Waals surface area contributed by atoms with Gasteiger partial charge in [0, 0.05) is 25.4 Å². The molecule has 0 saturated heterocycles. The summed E-state index contributed by atoms with van der Waals surface area (Å²) in [6, 6.07) is 8.67. The third kappa shape index (κ3) is 1.46. The minimum atomic E-state index is 1.17. The quantitative estimate of drug-likeness (QED) is 0.630. The van der Waals surface area contributed by atoms with E-state index in [9.17, 15) is 0 Å². The van der Waals surface area contributed by atoms with Crippen LogP contribution in [-0.2, 0) is 6.42 Å². The van der Waals surface area contributed by atoms with Crippen molar-refractivity contribution in [1.82, 2.24) is 4.90 Å². The Bertz CT molecular complexity index is 337. The smallest absolute Gasteiger partial charge is 0.0397 e. The molecule has 1 aromatic rings. The summed E-state index contributed by atoms with van der Waals surface area (Å²) >= 11 is 0. The molecule has 0 amide bonds. The summed E-state index contributed by atoms with van der Waals surface area (Å²) in [6.07, 6.45) is 4.68. The molecule has 0 aromatic heterocycles. The molecule has 0 aliphatic heterocycles. The van der Waals surface area contributed by atoms with E-state index < -0.39 is 0 Å². The maximum Gasteiger partial charge on any atom is 0.0397 e. The summed E-state index contributed by atoms with van der Waals surface area (Å²) in [6.45, 7) is 0. The lowest BCUT2D eigenvalue weighted by molar-refractivity contribution is 0.585. The zero-order chi connectivity index (χ0) is 9.26. The van der Waals surface area contributed by atoms with Crippen LogP contribution in [0.25, 0.3) is 5.70 Å². The van der Waals surface area contributed by atoms with Gasteiger partial charge in [0.25, 0.3) is 0 Å². The highest BCUT2D eigenvalue weighted by Crippen LogP contribution is 2.26. The summed E-state index contributed by atoms with van der Waals surface area (Å²) in [5.74, 6) is 0. The van der Waals surface area contributed by atoms with E-state index in [-0.39, 0.29) is 0 Å². The maximum atomic E-state index is 2.32. The SMILES string of the molecule is CN(C)C1=CCCc2ccccc21. The second kappa shape index (κ2) is 3.25. The van der Waals surface area contributed by atoms with Crippen LogP contribution in [0.15, 0.2) is 30.3 Å². The van der Waals surface area contributed by atoms with E-state index in [1.165, 1.54) is 29.7 Å². The summed E-state index contributed by atoms with van der Waals surface area (Å²) in [5, 5.41) is 0. The molecular formula is C12H15N. The fraction of sp³-hybridized carbons (Fsp3) is 0.333. The average molecular weight is 173 g/mol. The number of hydrogen-bond acceptors (Lipinski definition) is 1. The highest BCUT2D eigenvalue weighted by molar-refractivity contribution is 5.68. The van der Waals surface area contributed by atoms with Gasteiger partial charge in [-0.05, 0) is 18.4 Å². The summed E-state index contributed by atoms with van der Waals surface area (Å²) in [5.41, 5.74) is 4.24. The Morgan fingerprint density at radius 2 is 1.92 bits per heavy atom. The van der Waals surface area contributed by atoms with Crippen LogP contribution in [0.1, 0.15) is 17.5 Å². The lowest BCUT2D eigenvalue weighted by Crippen LogP contribution is -2.14. The van der Waals surface area contributed by atoms with Gasteiger partial charge in [-0.2, -0.15) is 0 Å². The molecule has 0 saturated carbocycles. The number of hydrogen-bond donors (Lipinski definition) is 0. The van der Waals surface area contributed by atoms with Gasteiger partial charge in [0.15, 0.2) is 0 Å². The molecule has 1 aliphatic rings. The van der Waals surface area contributed by atoms with E-state index >= 15 is 0 Å². The van der Waals surface area contributed by atoms with E-state index in [1.807, 2.05) is 0 Å².